The van der Waals surface area contributed by atoms with Gasteiger partial charge in [0.25, 0.3) is 0 Å². The lowest BCUT2D eigenvalue weighted by Gasteiger charge is -2.60. The third-order valence-corrected chi connectivity index (χ3v) is 6.57. The molecule has 4 bridgehead atoms. The molecule has 0 saturated heterocycles. The van der Waals surface area contributed by atoms with E-state index in [2.05, 4.69) is 15.3 Å². The highest BCUT2D eigenvalue weighted by Gasteiger charge is 2.57. The summed E-state index contributed by atoms with van der Waals surface area (Å²) >= 11 is 0. The predicted octanol–water partition coefficient (Wildman–Crippen LogP) is 3.53. The molecule has 2 atom stereocenters. The number of H-pyrrole nitrogens is 1. The van der Waals surface area contributed by atoms with Crippen molar-refractivity contribution in [1.82, 2.24) is 9.97 Å². The predicted molar refractivity (Wildman–Crippen MR) is 96.1 cm³/mol. The van der Waals surface area contributed by atoms with Crippen LogP contribution in [-0.4, -0.2) is 26.6 Å². The molecule has 0 radical (unpaired) electrons. The molecule has 4 aliphatic rings. The molecule has 0 unspecified atom stereocenters. The second-order valence-corrected chi connectivity index (χ2v) is 8.96. The minimum atomic E-state index is -0.503. The normalized spacial score (nSPS) is 36.1. The molecule has 25 heavy (non-hydrogen) atoms. The minimum absolute atomic E-state index is 0.0115. The number of nitrogens with zero attached hydrogens (tertiary/aromatic N) is 1. The lowest BCUT2D eigenvalue weighted by atomic mass is 9.47. The lowest BCUT2D eigenvalue weighted by Crippen LogP contribution is -2.56. The number of anilines is 1. The number of aromatic amines is 1. The molecule has 2 aromatic rings. The minimum Gasteiger partial charge on any atom is -0.390 e. The van der Waals surface area contributed by atoms with Crippen molar-refractivity contribution < 1.29 is 9.90 Å². The summed E-state index contributed by atoms with van der Waals surface area (Å²) in [6, 6.07) is 5.79. The molecule has 1 amide bonds. The van der Waals surface area contributed by atoms with Crippen LogP contribution >= 0.6 is 0 Å². The van der Waals surface area contributed by atoms with Gasteiger partial charge in [-0.05, 0) is 80.9 Å². The summed E-state index contributed by atoms with van der Waals surface area (Å²) in [7, 11) is 0. The molecule has 4 saturated carbocycles. The second-order valence-electron chi connectivity index (χ2n) is 8.96. The van der Waals surface area contributed by atoms with Crippen LogP contribution in [0, 0.1) is 24.2 Å². The van der Waals surface area contributed by atoms with Gasteiger partial charge in [-0.15, -0.1) is 0 Å². The smallest absolute Gasteiger partial charge is 0.224 e. The van der Waals surface area contributed by atoms with Crippen molar-refractivity contribution in [3.05, 3.63) is 24.0 Å². The van der Waals surface area contributed by atoms with Gasteiger partial charge < -0.3 is 15.4 Å². The van der Waals surface area contributed by atoms with Crippen molar-refractivity contribution in [2.45, 2.75) is 57.5 Å². The van der Waals surface area contributed by atoms with Crippen molar-refractivity contribution in [1.29, 1.82) is 0 Å². The summed E-state index contributed by atoms with van der Waals surface area (Å²) in [5.74, 6) is 2.17. The van der Waals surface area contributed by atoms with Crippen molar-refractivity contribution in [2.75, 3.05) is 5.32 Å². The van der Waals surface area contributed by atoms with Gasteiger partial charge in [0.15, 0.2) is 0 Å². The molecule has 1 aromatic carbocycles. The topological polar surface area (TPSA) is 78.0 Å². The SMILES string of the molecule is Cc1nc2ccc(NC(=O)CC34C[C@H]5C[C@@H](CC(O)(C5)C3)C4)cc2[nH]1. The first-order chi connectivity index (χ1) is 11.9. The number of fused-ring (bicyclic) bond motifs is 1. The fourth-order valence-corrected chi connectivity index (χ4v) is 6.37. The van der Waals surface area contributed by atoms with E-state index in [9.17, 15) is 9.90 Å². The zero-order chi connectivity index (χ0) is 17.2. The van der Waals surface area contributed by atoms with Crippen LogP contribution in [0.2, 0.25) is 0 Å². The number of carbonyl (C=O) groups excluding carboxylic acids is 1. The monoisotopic (exact) mass is 339 g/mol. The Morgan fingerprint density at radius 1 is 1.32 bits per heavy atom. The molecule has 4 aliphatic carbocycles. The van der Waals surface area contributed by atoms with Gasteiger partial charge in [0, 0.05) is 12.1 Å². The van der Waals surface area contributed by atoms with Crippen molar-refractivity contribution in [3.8, 4) is 0 Å². The van der Waals surface area contributed by atoms with Crippen LogP contribution in [0.5, 0.6) is 0 Å². The fourth-order valence-electron chi connectivity index (χ4n) is 6.37. The van der Waals surface area contributed by atoms with Crippen LogP contribution in [0.4, 0.5) is 5.69 Å². The molecule has 132 valence electrons. The molecular weight excluding hydrogens is 314 g/mol. The molecule has 0 spiro atoms. The Morgan fingerprint density at radius 3 is 2.80 bits per heavy atom. The molecule has 5 nitrogen and oxygen atoms in total. The van der Waals surface area contributed by atoms with Gasteiger partial charge in [0.1, 0.15) is 5.82 Å². The Bertz CT molecular complexity index is 842. The largest absolute Gasteiger partial charge is 0.390 e. The Morgan fingerprint density at radius 2 is 2.08 bits per heavy atom. The highest BCUT2D eigenvalue weighted by molar-refractivity contribution is 5.93. The summed E-state index contributed by atoms with van der Waals surface area (Å²) in [5, 5.41) is 13.9. The zero-order valence-electron chi connectivity index (χ0n) is 14.6. The van der Waals surface area contributed by atoms with E-state index in [1.165, 1.54) is 6.42 Å². The molecule has 1 aromatic heterocycles. The van der Waals surface area contributed by atoms with E-state index in [0.717, 1.165) is 54.6 Å². The number of aryl methyl sites for hydroxylation is 1. The maximum atomic E-state index is 12.7. The van der Waals surface area contributed by atoms with Crippen LogP contribution in [0.25, 0.3) is 11.0 Å². The second kappa shape index (κ2) is 5.07. The number of amides is 1. The zero-order valence-corrected chi connectivity index (χ0v) is 14.6. The first-order valence-corrected chi connectivity index (χ1v) is 9.39. The summed E-state index contributed by atoms with van der Waals surface area (Å²) in [6.07, 6.45) is 6.70. The number of hydrogen-bond donors (Lipinski definition) is 3. The average Bonchev–Trinajstić information content (AvgIpc) is 2.83. The summed E-state index contributed by atoms with van der Waals surface area (Å²) < 4.78 is 0. The maximum Gasteiger partial charge on any atom is 0.224 e. The van der Waals surface area contributed by atoms with Crippen LogP contribution < -0.4 is 5.32 Å². The number of benzene rings is 1. The van der Waals surface area contributed by atoms with E-state index in [0.29, 0.717) is 18.3 Å². The van der Waals surface area contributed by atoms with Crippen LogP contribution in [0.15, 0.2) is 18.2 Å². The highest BCUT2D eigenvalue weighted by atomic mass is 16.3. The fraction of sp³-hybridized carbons (Fsp3) is 0.600. The van der Waals surface area contributed by atoms with E-state index in [4.69, 9.17) is 0 Å². The molecule has 6 rings (SSSR count). The van der Waals surface area contributed by atoms with Crippen molar-refractivity contribution >= 4 is 22.6 Å². The van der Waals surface area contributed by atoms with Crippen LogP contribution in [-0.2, 0) is 4.79 Å². The third kappa shape index (κ3) is 2.65. The quantitative estimate of drug-likeness (QED) is 0.800. The number of aliphatic hydroxyl groups is 1. The molecule has 1 heterocycles. The Kier molecular flexibility index (Phi) is 3.12. The van der Waals surface area contributed by atoms with E-state index < -0.39 is 5.60 Å². The molecular formula is C20H25N3O2. The van der Waals surface area contributed by atoms with Gasteiger partial charge in [-0.1, -0.05) is 0 Å². The van der Waals surface area contributed by atoms with Gasteiger partial charge in [-0.25, -0.2) is 4.98 Å². The van der Waals surface area contributed by atoms with Gasteiger partial charge in [0.05, 0.1) is 16.6 Å². The summed E-state index contributed by atoms with van der Waals surface area (Å²) in [6.45, 7) is 1.93. The number of hydrogen-bond acceptors (Lipinski definition) is 3. The number of nitrogens with one attached hydrogen (secondary N) is 2. The number of aromatic nitrogens is 2. The van der Waals surface area contributed by atoms with E-state index in [1.807, 2.05) is 25.1 Å². The molecule has 5 heteroatoms. The Hall–Kier alpha value is -1.88. The average molecular weight is 339 g/mol. The first kappa shape index (κ1) is 15.4. The van der Waals surface area contributed by atoms with E-state index in [1.54, 1.807) is 0 Å². The van der Waals surface area contributed by atoms with Gasteiger partial charge >= 0.3 is 0 Å². The third-order valence-electron chi connectivity index (χ3n) is 6.57. The number of imidazole rings is 1. The van der Waals surface area contributed by atoms with Gasteiger partial charge in [-0.3, -0.25) is 4.79 Å². The van der Waals surface area contributed by atoms with E-state index in [-0.39, 0.29) is 11.3 Å². The van der Waals surface area contributed by atoms with Gasteiger partial charge in [0.2, 0.25) is 5.91 Å². The van der Waals surface area contributed by atoms with Crippen molar-refractivity contribution in [2.24, 2.45) is 17.3 Å². The summed E-state index contributed by atoms with van der Waals surface area (Å²) in [5.41, 5.74) is 2.18. The van der Waals surface area contributed by atoms with Gasteiger partial charge in [-0.2, -0.15) is 0 Å². The Balaban J connectivity index is 1.33. The van der Waals surface area contributed by atoms with Crippen molar-refractivity contribution in [3.63, 3.8) is 0 Å². The lowest BCUT2D eigenvalue weighted by molar-refractivity contribution is -0.167. The number of rotatable bonds is 3. The van der Waals surface area contributed by atoms with Crippen LogP contribution in [0.3, 0.4) is 0 Å². The van der Waals surface area contributed by atoms with Crippen LogP contribution in [0.1, 0.15) is 50.8 Å². The molecule has 3 N–H and O–H groups in total. The summed E-state index contributed by atoms with van der Waals surface area (Å²) in [4.78, 5) is 20.3. The number of carbonyl (C=O) groups is 1. The Labute approximate surface area is 147 Å². The highest BCUT2D eigenvalue weighted by Crippen LogP contribution is 2.62. The molecule has 0 aliphatic heterocycles. The standard InChI is InChI=1S/C20H25N3O2/c1-12-21-16-3-2-15(5-17(16)22-12)23-18(24)10-19-6-13-4-14(7-19)9-20(25,8-13)11-19/h2-3,5,13-14,25H,4,6-11H2,1H3,(H,21,22)(H,23,24)/t13-,14-,19?,20?/m1/s1. The first-order valence-electron chi connectivity index (χ1n) is 9.39. The maximum absolute atomic E-state index is 12.7. The molecule has 4 fully saturated rings. The van der Waals surface area contributed by atoms with E-state index >= 15 is 0 Å².